The summed E-state index contributed by atoms with van der Waals surface area (Å²) in [6.45, 7) is 4.32. The molecule has 28 heavy (non-hydrogen) atoms. The Labute approximate surface area is 169 Å². The number of hydrogen-bond acceptors (Lipinski definition) is 4. The van der Waals surface area contributed by atoms with Gasteiger partial charge in [0.05, 0.1) is 7.11 Å². The third kappa shape index (κ3) is 4.67. The van der Waals surface area contributed by atoms with Crippen molar-refractivity contribution in [3.63, 3.8) is 0 Å². The summed E-state index contributed by atoms with van der Waals surface area (Å²) in [5.41, 5.74) is 3.77. The van der Waals surface area contributed by atoms with Gasteiger partial charge in [-0.25, -0.2) is 4.98 Å². The van der Waals surface area contributed by atoms with Crippen LogP contribution in [0.4, 0.5) is 5.82 Å². The van der Waals surface area contributed by atoms with Crippen molar-refractivity contribution in [2.75, 3.05) is 45.2 Å². The number of rotatable bonds is 5. The molecule has 0 radical (unpaired) electrons. The number of likely N-dealkylation sites (N-methyl/N-ethyl adjacent to an activating group) is 1. The van der Waals surface area contributed by atoms with Crippen molar-refractivity contribution in [1.82, 2.24) is 9.88 Å². The molecule has 1 aliphatic carbocycles. The van der Waals surface area contributed by atoms with Crippen LogP contribution in [0.5, 0.6) is 5.75 Å². The number of pyridine rings is 1. The lowest BCUT2D eigenvalue weighted by Crippen LogP contribution is -2.44. The fraction of sp³-hybridized carbons (Fsp3) is 0.542. The summed E-state index contributed by atoms with van der Waals surface area (Å²) in [7, 11) is 3.92. The number of piperazine rings is 1. The molecule has 0 amide bonds. The Morgan fingerprint density at radius 2 is 1.64 bits per heavy atom. The molecule has 2 aliphatic rings. The van der Waals surface area contributed by atoms with Gasteiger partial charge in [0.15, 0.2) is 0 Å². The fourth-order valence-electron chi connectivity index (χ4n) is 4.51. The van der Waals surface area contributed by atoms with Crippen LogP contribution in [0.15, 0.2) is 36.4 Å². The number of anilines is 1. The van der Waals surface area contributed by atoms with E-state index in [0.717, 1.165) is 50.1 Å². The number of ether oxygens (including phenoxy) is 1. The molecule has 150 valence electrons. The summed E-state index contributed by atoms with van der Waals surface area (Å²) < 4.78 is 5.33. The summed E-state index contributed by atoms with van der Waals surface area (Å²) in [4.78, 5) is 9.97. The summed E-state index contributed by atoms with van der Waals surface area (Å²) in [6.07, 6.45) is 8.01. The van der Waals surface area contributed by atoms with Gasteiger partial charge in [-0.15, -0.1) is 0 Å². The van der Waals surface area contributed by atoms with Gasteiger partial charge in [0.2, 0.25) is 0 Å². The third-order valence-electron chi connectivity index (χ3n) is 6.34. The second-order valence-corrected chi connectivity index (χ2v) is 8.43. The first-order valence-electron chi connectivity index (χ1n) is 10.8. The first-order chi connectivity index (χ1) is 13.7. The van der Waals surface area contributed by atoms with Gasteiger partial charge in [-0.05, 0) is 54.8 Å². The van der Waals surface area contributed by atoms with Crippen LogP contribution in [0, 0.1) is 5.92 Å². The van der Waals surface area contributed by atoms with E-state index in [2.05, 4.69) is 41.1 Å². The van der Waals surface area contributed by atoms with Crippen LogP contribution < -0.4 is 9.64 Å². The molecule has 1 aromatic carbocycles. The molecule has 0 atom stereocenters. The molecule has 1 aromatic heterocycles. The summed E-state index contributed by atoms with van der Waals surface area (Å²) >= 11 is 0. The van der Waals surface area contributed by atoms with Crippen molar-refractivity contribution in [3.05, 3.63) is 42.1 Å². The van der Waals surface area contributed by atoms with E-state index in [1.165, 1.54) is 48.9 Å². The zero-order valence-electron chi connectivity index (χ0n) is 17.4. The third-order valence-corrected chi connectivity index (χ3v) is 6.34. The predicted octanol–water partition coefficient (Wildman–Crippen LogP) is 4.63. The fourth-order valence-corrected chi connectivity index (χ4v) is 4.51. The van der Waals surface area contributed by atoms with Crippen LogP contribution in [0.3, 0.4) is 0 Å². The Balaban J connectivity index is 1.63. The maximum absolute atomic E-state index is 5.33. The number of methoxy groups -OCH3 is 1. The van der Waals surface area contributed by atoms with Crippen LogP contribution in [0.25, 0.3) is 11.1 Å². The van der Waals surface area contributed by atoms with Crippen LogP contribution in [-0.2, 0) is 6.42 Å². The molecular formula is C24H33N3O. The number of hydrogen-bond donors (Lipinski definition) is 0. The maximum atomic E-state index is 5.33. The van der Waals surface area contributed by atoms with Gasteiger partial charge >= 0.3 is 0 Å². The molecule has 4 heteroatoms. The molecule has 0 N–H and O–H groups in total. The van der Waals surface area contributed by atoms with Crippen molar-refractivity contribution in [1.29, 1.82) is 0 Å². The SMILES string of the molecule is COc1ccc(-c2cc(CC3CCCCC3)nc(N3CCN(C)CC3)c2)cc1. The van der Waals surface area contributed by atoms with Crippen molar-refractivity contribution in [3.8, 4) is 16.9 Å². The summed E-state index contributed by atoms with van der Waals surface area (Å²) in [5.74, 6) is 2.85. The van der Waals surface area contributed by atoms with Gasteiger partial charge in [0.1, 0.15) is 11.6 Å². The van der Waals surface area contributed by atoms with Crippen LogP contribution >= 0.6 is 0 Å². The van der Waals surface area contributed by atoms with E-state index in [1.54, 1.807) is 7.11 Å². The van der Waals surface area contributed by atoms with E-state index in [9.17, 15) is 0 Å². The highest BCUT2D eigenvalue weighted by Crippen LogP contribution is 2.31. The Morgan fingerprint density at radius 1 is 0.929 bits per heavy atom. The highest BCUT2D eigenvalue weighted by molar-refractivity contribution is 5.68. The van der Waals surface area contributed by atoms with Crippen molar-refractivity contribution in [2.45, 2.75) is 38.5 Å². The lowest BCUT2D eigenvalue weighted by molar-refractivity contribution is 0.312. The van der Waals surface area contributed by atoms with Gasteiger partial charge in [-0.3, -0.25) is 0 Å². The molecule has 1 aliphatic heterocycles. The molecule has 2 fully saturated rings. The Morgan fingerprint density at radius 3 is 2.32 bits per heavy atom. The normalized spacial score (nSPS) is 19.0. The highest BCUT2D eigenvalue weighted by Gasteiger charge is 2.19. The first kappa shape index (κ1) is 19.3. The Kier molecular flexibility index (Phi) is 6.16. The standard InChI is InChI=1S/C24H33N3O/c1-26-12-14-27(15-13-26)24-18-21(20-8-10-23(28-2)11-9-20)17-22(25-24)16-19-6-4-3-5-7-19/h8-11,17-19H,3-7,12-16H2,1-2H3. The lowest BCUT2D eigenvalue weighted by Gasteiger charge is -2.33. The van der Waals surface area contributed by atoms with Crippen LogP contribution in [0.2, 0.25) is 0 Å². The summed E-state index contributed by atoms with van der Waals surface area (Å²) in [5, 5.41) is 0. The minimum atomic E-state index is 0.799. The number of nitrogens with zero attached hydrogens (tertiary/aromatic N) is 3. The Hall–Kier alpha value is -2.07. The number of aromatic nitrogens is 1. The quantitative estimate of drug-likeness (QED) is 0.757. The minimum Gasteiger partial charge on any atom is -0.497 e. The maximum Gasteiger partial charge on any atom is 0.129 e. The molecule has 0 unspecified atom stereocenters. The van der Waals surface area contributed by atoms with Crippen molar-refractivity contribution < 1.29 is 4.74 Å². The lowest BCUT2D eigenvalue weighted by atomic mass is 9.85. The molecule has 4 nitrogen and oxygen atoms in total. The van der Waals surface area contributed by atoms with Gasteiger partial charge in [0.25, 0.3) is 0 Å². The summed E-state index contributed by atoms with van der Waals surface area (Å²) in [6, 6.07) is 13.0. The van der Waals surface area contributed by atoms with E-state index in [4.69, 9.17) is 9.72 Å². The topological polar surface area (TPSA) is 28.6 Å². The van der Waals surface area contributed by atoms with Crippen molar-refractivity contribution in [2.24, 2.45) is 5.92 Å². The zero-order chi connectivity index (χ0) is 19.3. The molecule has 1 saturated carbocycles. The Bertz CT molecular complexity index is 760. The van der Waals surface area contributed by atoms with Gasteiger partial charge in [0, 0.05) is 31.9 Å². The zero-order valence-corrected chi connectivity index (χ0v) is 17.4. The van der Waals surface area contributed by atoms with Crippen LogP contribution in [-0.4, -0.2) is 50.2 Å². The molecule has 1 saturated heterocycles. The van der Waals surface area contributed by atoms with Gasteiger partial charge in [-0.1, -0.05) is 44.2 Å². The van der Waals surface area contributed by atoms with Crippen molar-refractivity contribution >= 4 is 5.82 Å². The molecular weight excluding hydrogens is 346 g/mol. The predicted molar refractivity (Wildman–Crippen MR) is 116 cm³/mol. The van der Waals surface area contributed by atoms with E-state index in [0.29, 0.717) is 0 Å². The van der Waals surface area contributed by atoms with E-state index in [-0.39, 0.29) is 0 Å². The van der Waals surface area contributed by atoms with Gasteiger partial charge in [-0.2, -0.15) is 0 Å². The van der Waals surface area contributed by atoms with E-state index < -0.39 is 0 Å². The first-order valence-corrected chi connectivity index (χ1v) is 10.8. The second-order valence-electron chi connectivity index (χ2n) is 8.43. The largest absolute Gasteiger partial charge is 0.497 e. The second kappa shape index (κ2) is 8.95. The van der Waals surface area contributed by atoms with E-state index in [1.807, 2.05) is 12.1 Å². The number of benzene rings is 1. The molecule has 2 heterocycles. The minimum absolute atomic E-state index is 0.799. The highest BCUT2D eigenvalue weighted by atomic mass is 16.5. The average Bonchev–Trinajstić information content (AvgIpc) is 2.75. The molecule has 0 bridgehead atoms. The average molecular weight is 380 g/mol. The van der Waals surface area contributed by atoms with E-state index >= 15 is 0 Å². The monoisotopic (exact) mass is 379 g/mol. The molecule has 2 aromatic rings. The smallest absolute Gasteiger partial charge is 0.129 e. The van der Waals surface area contributed by atoms with Gasteiger partial charge < -0.3 is 14.5 Å². The van der Waals surface area contributed by atoms with Crippen LogP contribution in [0.1, 0.15) is 37.8 Å². The molecule has 4 rings (SSSR count). The molecule has 0 spiro atoms.